The summed E-state index contributed by atoms with van der Waals surface area (Å²) >= 11 is 0. The number of aliphatic hydroxyl groups excluding tert-OH is 3. The molecule has 6 N–H and O–H groups in total. The number of rotatable bonds is 20. The van der Waals surface area contributed by atoms with E-state index in [4.69, 9.17) is 9.47 Å². The number of aryl methyl sites for hydroxylation is 1. The first-order valence-electron chi connectivity index (χ1n) is 21.1. The zero-order valence-corrected chi connectivity index (χ0v) is 33.7. The van der Waals surface area contributed by atoms with Gasteiger partial charge in [0, 0.05) is 50.1 Å². The van der Waals surface area contributed by atoms with Gasteiger partial charge in [0.2, 0.25) is 6.29 Å². The van der Waals surface area contributed by atoms with Crippen LogP contribution in [0.4, 0.5) is 10.5 Å². The Morgan fingerprint density at radius 1 is 0.966 bits per heavy atom. The molecular weight excluding hydrogens is 735 g/mol. The van der Waals surface area contributed by atoms with Crippen LogP contribution in [0.25, 0.3) is 10.9 Å². The molecule has 58 heavy (non-hydrogen) atoms. The van der Waals surface area contributed by atoms with Gasteiger partial charge in [-0.1, -0.05) is 66.7 Å². The third-order valence-electron chi connectivity index (χ3n) is 11.5. The second-order valence-corrected chi connectivity index (χ2v) is 16.1. The van der Waals surface area contributed by atoms with Crippen molar-refractivity contribution in [3.05, 3.63) is 108 Å². The molecule has 312 valence electrons. The maximum Gasteiger partial charge on any atom is 0.410 e. The topological polar surface area (TPSA) is 169 Å². The van der Waals surface area contributed by atoms with E-state index in [1.165, 1.54) is 18.1 Å². The summed E-state index contributed by atoms with van der Waals surface area (Å²) in [7, 11) is 0. The molecule has 12 nitrogen and oxygen atoms in total. The number of nitrogens with zero attached hydrogens (tertiary/aromatic N) is 2. The second kappa shape index (κ2) is 21.9. The van der Waals surface area contributed by atoms with Gasteiger partial charge in [-0.25, -0.2) is 4.79 Å². The van der Waals surface area contributed by atoms with Gasteiger partial charge in [-0.05, 0) is 117 Å². The fourth-order valence-electron chi connectivity index (χ4n) is 8.46. The van der Waals surface area contributed by atoms with Gasteiger partial charge in [0.1, 0.15) is 0 Å². The molecule has 0 bridgehead atoms. The third-order valence-corrected chi connectivity index (χ3v) is 11.5. The highest BCUT2D eigenvalue weighted by atomic mass is 16.7. The molecule has 1 unspecified atom stereocenters. The average molecular weight is 796 g/mol. The van der Waals surface area contributed by atoms with E-state index in [0.717, 1.165) is 61.1 Å². The molecule has 7 atom stereocenters. The Kier molecular flexibility index (Phi) is 16.1. The Bertz CT molecular complexity index is 1900. The van der Waals surface area contributed by atoms with Crippen molar-refractivity contribution in [1.82, 2.24) is 20.4 Å². The highest BCUT2D eigenvalue weighted by molar-refractivity contribution is 5.81. The lowest BCUT2D eigenvalue weighted by Gasteiger charge is -2.33. The number of anilines is 1. The van der Waals surface area contributed by atoms with Gasteiger partial charge >= 0.3 is 12.1 Å². The first-order chi connectivity index (χ1) is 28.2. The van der Waals surface area contributed by atoms with Crippen molar-refractivity contribution >= 4 is 28.7 Å². The van der Waals surface area contributed by atoms with Crippen LogP contribution >= 0.6 is 0 Å². The third kappa shape index (κ3) is 13.4. The summed E-state index contributed by atoms with van der Waals surface area (Å²) in [5.41, 5.74) is 5.45. The quantitative estimate of drug-likeness (QED) is 0.0237. The van der Waals surface area contributed by atoms with Crippen molar-refractivity contribution in [3.8, 4) is 0 Å². The van der Waals surface area contributed by atoms with E-state index in [1.54, 1.807) is 0 Å². The summed E-state index contributed by atoms with van der Waals surface area (Å²) in [5, 5.41) is 46.5. The van der Waals surface area contributed by atoms with Crippen molar-refractivity contribution in [2.24, 2.45) is 11.8 Å². The number of piperidine rings is 1. The van der Waals surface area contributed by atoms with E-state index < -0.39 is 36.7 Å². The molecule has 1 amide bonds. The Morgan fingerprint density at radius 2 is 1.78 bits per heavy atom. The minimum atomic E-state index is -1.03. The summed E-state index contributed by atoms with van der Waals surface area (Å²) in [6.45, 7) is 4.59. The lowest BCUT2D eigenvalue weighted by Crippen LogP contribution is -2.41. The Morgan fingerprint density at radius 3 is 2.64 bits per heavy atom. The molecule has 1 saturated carbocycles. The molecule has 2 heterocycles. The summed E-state index contributed by atoms with van der Waals surface area (Å²) in [6.07, 6.45) is 9.86. The van der Waals surface area contributed by atoms with Gasteiger partial charge in [0.15, 0.2) is 0 Å². The molecule has 0 spiro atoms. The zero-order valence-electron chi connectivity index (χ0n) is 33.7. The molecule has 6 rings (SSSR count). The number of unbranched alkanes of at least 4 members (excludes halogenated alkanes) is 1. The molecule has 3 aromatic carbocycles. The van der Waals surface area contributed by atoms with Crippen LogP contribution in [0.2, 0.25) is 0 Å². The van der Waals surface area contributed by atoms with Crippen LogP contribution in [-0.2, 0) is 33.8 Å². The number of hydrogen-bond donors (Lipinski definition) is 6. The van der Waals surface area contributed by atoms with Crippen LogP contribution in [0.5, 0.6) is 0 Å². The maximum atomic E-state index is 12.5. The Labute approximate surface area is 342 Å². The molecule has 1 aliphatic carbocycles. The standard InChI is InChI=1S/C46H61N5O7/c1-32(57-45(55)17-8-3-2-7-16-40-41(44(54)27-43(40)53)22-21-39(52)20-18-33-11-5-4-6-12-33)58-46(56)47-28-34-13-9-14-35(25-34)30-51-24-10-15-38(31-51)49-37-19-23-42-36(26-37)29-48-50-42/h2,4-7,9,11-14,19,23,25-26,29,32,38-41,43-44,49,52-54H,3,8,10,15-18,20-22,24,27-28,30-31H2,1H3,(H,47,56)(H,48,50)/t32?,38-,39-,40+,41+,43+,44+/m0/s1. The number of esters is 1. The lowest BCUT2D eigenvalue weighted by atomic mass is 9.85. The monoisotopic (exact) mass is 795 g/mol. The van der Waals surface area contributed by atoms with Gasteiger partial charge < -0.3 is 35.4 Å². The molecule has 1 aromatic heterocycles. The van der Waals surface area contributed by atoms with Gasteiger partial charge in [0.25, 0.3) is 0 Å². The van der Waals surface area contributed by atoms with Crippen molar-refractivity contribution in [3.63, 3.8) is 0 Å². The van der Waals surface area contributed by atoms with E-state index in [0.29, 0.717) is 51.0 Å². The van der Waals surface area contributed by atoms with Crippen LogP contribution in [-0.4, -0.2) is 86.2 Å². The number of carbonyl (C=O) groups is 2. The summed E-state index contributed by atoms with van der Waals surface area (Å²) < 4.78 is 10.6. The molecule has 2 fully saturated rings. The van der Waals surface area contributed by atoms with E-state index >= 15 is 0 Å². The molecular formula is C46H61N5O7. The number of fused-ring (bicyclic) bond motifs is 1. The average Bonchev–Trinajstić information content (AvgIpc) is 3.79. The number of amides is 1. The number of benzene rings is 3. The number of H-pyrrole nitrogens is 1. The fraction of sp³-hybridized carbons (Fsp3) is 0.500. The van der Waals surface area contributed by atoms with Crippen molar-refractivity contribution < 1.29 is 34.4 Å². The predicted molar refractivity (Wildman–Crippen MR) is 225 cm³/mol. The summed E-state index contributed by atoms with van der Waals surface area (Å²) in [5.74, 6) is -0.588. The number of aromatic nitrogens is 2. The second-order valence-electron chi connectivity index (χ2n) is 16.1. The van der Waals surface area contributed by atoms with Crippen molar-refractivity contribution in [2.75, 3.05) is 18.4 Å². The van der Waals surface area contributed by atoms with E-state index in [9.17, 15) is 24.9 Å². The molecule has 12 heteroatoms. The molecule has 0 radical (unpaired) electrons. The molecule has 1 aliphatic heterocycles. The zero-order chi connectivity index (χ0) is 40.7. The van der Waals surface area contributed by atoms with Gasteiger partial charge in [-0.15, -0.1) is 0 Å². The van der Waals surface area contributed by atoms with Gasteiger partial charge in [-0.2, -0.15) is 5.10 Å². The highest BCUT2D eigenvalue weighted by Crippen LogP contribution is 2.38. The molecule has 1 saturated heterocycles. The normalized spacial score (nSPS) is 22.2. The fourth-order valence-corrected chi connectivity index (χ4v) is 8.46. The number of ether oxygens (including phenoxy) is 2. The smallest absolute Gasteiger partial charge is 0.410 e. The maximum absolute atomic E-state index is 12.5. The number of aliphatic hydroxyl groups is 3. The largest absolute Gasteiger partial charge is 0.425 e. The van der Waals surface area contributed by atoms with Crippen LogP contribution in [0.15, 0.2) is 91.1 Å². The number of aromatic amines is 1. The Balaban J connectivity index is 0.829. The number of carbonyl (C=O) groups excluding carboxylic acids is 2. The first-order valence-corrected chi connectivity index (χ1v) is 21.1. The number of likely N-dealkylation sites (tertiary alicyclic amines) is 1. The van der Waals surface area contributed by atoms with Crippen LogP contribution < -0.4 is 10.6 Å². The summed E-state index contributed by atoms with van der Waals surface area (Å²) in [6, 6.07) is 24.9. The van der Waals surface area contributed by atoms with Gasteiger partial charge in [-0.3, -0.25) is 14.8 Å². The van der Waals surface area contributed by atoms with Crippen molar-refractivity contribution in [2.45, 2.75) is 121 Å². The number of allylic oxidation sites excluding steroid dienone is 2. The number of alkyl carbamates (subject to hydrolysis) is 1. The Hall–Kier alpha value is -4.75. The minimum Gasteiger partial charge on any atom is -0.425 e. The van der Waals surface area contributed by atoms with Crippen LogP contribution in [0, 0.1) is 11.8 Å². The van der Waals surface area contributed by atoms with Crippen molar-refractivity contribution in [1.29, 1.82) is 0 Å². The van der Waals surface area contributed by atoms with Gasteiger partial charge in [0.05, 0.1) is 30.0 Å². The lowest BCUT2D eigenvalue weighted by molar-refractivity contribution is -0.164. The van der Waals surface area contributed by atoms with Crippen LogP contribution in [0.1, 0.15) is 87.8 Å². The highest BCUT2D eigenvalue weighted by Gasteiger charge is 2.40. The van der Waals surface area contributed by atoms with E-state index in [1.807, 2.05) is 48.7 Å². The van der Waals surface area contributed by atoms with E-state index in [2.05, 4.69) is 68.2 Å². The first kappa shape index (κ1) is 42.8. The number of hydrogen-bond acceptors (Lipinski definition) is 10. The minimum absolute atomic E-state index is 0.0672. The number of nitrogens with one attached hydrogen (secondary N) is 3. The summed E-state index contributed by atoms with van der Waals surface area (Å²) in [4.78, 5) is 27.4. The molecule has 2 aliphatic rings. The predicted octanol–water partition coefficient (Wildman–Crippen LogP) is 7.00. The SMILES string of the molecule is CC(OC(=O)CCCC=CC[C@@H]1[C@@H](CC[C@@H](O)CCc2ccccc2)[C@H](O)C[C@H]1O)OC(=O)NCc1cccc(CN2CCC[C@H](Nc3ccc4[nH]ncc4c3)C2)c1. The molecule has 4 aromatic rings. The van der Waals surface area contributed by atoms with Crippen LogP contribution in [0.3, 0.4) is 0 Å². The van der Waals surface area contributed by atoms with E-state index in [-0.39, 0.29) is 24.8 Å².